The first-order chi connectivity index (χ1) is 9.65. The molecule has 0 atom stereocenters. The highest BCUT2D eigenvalue weighted by Gasteiger charge is 2.14. The van der Waals surface area contributed by atoms with Crippen LogP contribution in [0.4, 0.5) is 5.69 Å². The summed E-state index contributed by atoms with van der Waals surface area (Å²) >= 11 is 5.88. The smallest absolute Gasteiger partial charge is 0.260 e. The Morgan fingerprint density at radius 2 is 1.90 bits per heavy atom. The molecule has 0 amide bonds. The Labute approximate surface area is 121 Å². The molecular formula is C15H12ClN3O. The van der Waals surface area contributed by atoms with Crippen molar-refractivity contribution in [2.75, 3.05) is 5.73 Å². The molecule has 0 aliphatic carbocycles. The number of nitrogens with zero attached hydrogens (tertiary/aromatic N) is 2. The maximum Gasteiger partial charge on any atom is 0.260 e. The van der Waals surface area contributed by atoms with Crippen LogP contribution in [-0.2, 0) is 0 Å². The normalized spacial score (nSPS) is 10.7. The second-order valence-corrected chi connectivity index (χ2v) is 4.91. The van der Waals surface area contributed by atoms with Crippen LogP contribution in [0.25, 0.3) is 22.8 Å². The Bertz CT molecular complexity index is 767. The zero-order valence-corrected chi connectivity index (χ0v) is 11.6. The van der Waals surface area contributed by atoms with Crippen LogP contribution < -0.4 is 5.73 Å². The minimum Gasteiger partial charge on any atom is -0.398 e. The Balaban J connectivity index is 2.04. The van der Waals surface area contributed by atoms with Gasteiger partial charge in [-0.2, -0.15) is 4.98 Å². The lowest BCUT2D eigenvalue weighted by Gasteiger charge is -2.00. The molecule has 1 heterocycles. The maximum absolute atomic E-state index is 5.92. The Hall–Kier alpha value is -2.33. The van der Waals surface area contributed by atoms with E-state index < -0.39 is 0 Å². The molecule has 0 fully saturated rings. The number of aromatic nitrogens is 2. The lowest BCUT2D eigenvalue weighted by molar-refractivity contribution is 0.432. The molecule has 0 saturated heterocycles. The van der Waals surface area contributed by atoms with E-state index >= 15 is 0 Å². The van der Waals surface area contributed by atoms with Crippen LogP contribution in [0.5, 0.6) is 0 Å². The molecule has 0 spiro atoms. The van der Waals surface area contributed by atoms with Crippen LogP contribution in [-0.4, -0.2) is 10.1 Å². The molecule has 0 saturated carbocycles. The third-order valence-corrected chi connectivity index (χ3v) is 3.29. The van der Waals surface area contributed by atoms with Gasteiger partial charge in [-0.25, -0.2) is 0 Å². The molecule has 0 radical (unpaired) electrons. The molecule has 0 bridgehead atoms. The molecule has 2 N–H and O–H groups in total. The summed E-state index contributed by atoms with van der Waals surface area (Å²) < 4.78 is 5.30. The van der Waals surface area contributed by atoms with Gasteiger partial charge in [0.1, 0.15) is 0 Å². The fraction of sp³-hybridized carbons (Fsp3) is 0.0667. The second kappa shape index (κ2) is 4.98. The van der Waals surface area contributed by atoms with E-state index in [4.69, 9.17) is 21.9 Å². The average Bonchev–Trinajstić information content (AvgIpc) is 2.88. The molecule has 3 rings (SSSR count). The second-order valence-electron chi connectivity index (χ2n) is 4.47. The van der Waals surface area contributed by atoms with Crippen molar-refractivity contribution in [3.63, 3.8) is 0 Å². The highest BCUT2D eigenvalue weighted by atomic mass is 35.5. The van der Waals surface area contributed by atoms with E-state index in [1.807, 2.05) is 31.2 Å². The number of nitrogen functional groups attached to an aromatic ring is 1. The molecule has 2 aromatic carbocycles. The standard InChI is InChI=1S/C15H12ClN3O/c1-9-4-2-3-5-11(9)14-18-15(20-19-14)12-7-6-10(16)8-13(12)17/h2-8H,17H2,1H3. The summed E-state index contributed by atoms with van der Waals surface area (Å²) in [6.07, 6.45) is 0. The van der Waals surface area contributed by atoms with Crippen molar-refractivity contribution < 1.29 is 4.52 Å². The molecule has 100 valence electrons. The van der Waals surface area contributed by atoms with E-state index in [9.17, 15) is 0 Å². The van der Waals surface area contributed by atoms with Crippen molar-refractivity contribution in [1.82, 2.24) is 10.1 Å². The van der Waals surface area contributed by atoms with Crippen molar-refractivity contribution >= 4 is 17.3 Å². The summed E-state index contributed by atoms with van der Waals surface area (Å²) in [7, 11) is 0. The van der Waals surface area contributed by atoms with Gasteiger partial charge in [0.15, 0.2) is 0 Å². The molecule has 4 nitrogen and oxygen atoms in total. The highest BCUT2D eigenvalue weighted by Crippen LogP contribution is 2.29. The van der Waals surface area contributed by atoms with Crippen LogP contribution in [0.3, 0.4) is 0 Å². The number of hydrogen-bond acceptors (Lipinski definition) is 4. The summed E-state index contributed by atoms with van der Waals surface area (Å²) in [6, 6.07) is 13.0. The number of rotatable bonds is 2. The summed E-state index contributed by atoms with van der Waals surface area (Å²) in [6.45, 7) is 2.00. The van der Waals surface area contributed by atoms with E-state index in [-0.39, 0.29) is 0 Å². The van der Waals surface area contributed by atoms with Crippen LogP contribution in [0.1, 0.15) is 5.56 Å². The number of nitrogens with two attached hydrogens (primary N) is 1. The van der Waals surface area contributed by atoms with Gasteiger partial charge in [0.05, 0.1) is 5.56 Å². The van der Waals surface area contributed by atoms with E-state index in [1.165, 1.54) is 0 Å². The van der Waals surface area contributed by atoms with Gasteiger partial charge in [0.25, 0.3) is 5.89 Å². The van der Waals surface area contributed by atoms with Gasteiger partial charge in [0.2, 0.25) is 5.82 Å². The van der Waals surface area contributed by atoms with Gasteiger partial charge >= 0.3 is 0 Å². The van der Waals surface area contributed by atoms with Crippen LogP contribution in [0.2, 0.25) is 5.02 Å². The number of aryl methyl sites for hydroxylation is 1. The van der Waals surface area contributed by atoms with Crippen LogP contribution in [0, 0.1) is 6.92 Å². The predicted octanol–water partition coefficient (Wildman–Crippen LogP) is 3.95. The van der Waals surface area contributed by atoms with Gasteiger partial charge in [-0.05, 0) is 30.7 Å². The zero-order chi connectivity index (χ0) is 14.1. The summed E-state index contributed by atoms with van der Waals surface area (Å²) in [5.74, 6) is 0.935. The van der Waals surface area contributed by atoms with E-state index in [0.29, 0.717) is 28.0 Å². The van der Waals surface area contributed by atoms with Gasteiger partial charge < -0.3 is 10.3 Å². The van der Waals surface area contributed by atoms with Crippen molar-refractivity contribution in [3.05, 3.63) is 53.1 Å². The molecule has 5 heteroatoms. The summed E-state index contributed by atoms with van der Waals surface area (Å²) in [4.78, 5) is 4.40. The van der Waals surface area contributed by atoms with Crippen molar-refractivity contribution in [1.29, 1.82) is 0 Å². The largest absolute Gasteiger partial charge is 0.398 e. The van der Waals surface area contributed by atoms with Gasteiger partial charge in [-0.1, -0.05) is 41.0 Å². The maximum atomic E-state index is 5.92. The lowest BCUT2D eigenvalue weighted by atomic mass is 10.1. The fourth-order valence-corrected chi connectivity index (χ4v) is 2.17. The first kappa shape index (κ1) is 12.7. The molecule has 3 aromatic rings. The van der Waals surface area contributed by atoms with Crippen molar-refractivity contribution in [3.8, 4) is 22.8 Å². The SMILES string of the molecule is Cc1ccccc1-c1noc(-c2ccc(Cl)cc2N)n1. The summed E-state index contributed by atoms with van der Waals surface area (Å²) in [5, 5.41) is 4.59. The fourth-order valence-electron chi connectivity index (χ4n) is 1.99. The Morgan fingerprint density at radius 1 is 1.10 bits per heavy atom. The van der Waals surface area contributed by atoms with E-state index in [0.717, 1.165) is 11.1 Å². The van der Waals surface area contributed by atoms with Gasteiger partial charge in [0, 0.05) is 16.3 Å². The number of halogens is 1. The van der Waals surface area contributed by atoms with Gasteiger partial charge in [-0.15, -0.1) is 0 Å². The molecule has 20 heavy (non-hydrogen) atoms. The Morgan fingerprint density at radius 3 is 2.65 bits per heavy atom. The summed E-state index contributed by atoms with van der Waals surface area (Å²) in [5.41, 5.74) is 9.14. The minimum absolute atomic E-state index is 0.386. The third-order valence-electron chi connectivity index (χ3n) is 3.06. The van der Waals surface area contributed by atoms with Crippen molar-refractivity contribution in [2.24, 2.45) is 0 Å². The van der Waals surface area contributed by atoms with E-state index in [2.05, 4.69) is 10.1 Å². The molecular weight excluding hydrogens is 274 g/mol. The first-order valence-electron chi connectivity index (χ1n) is 6.10. The number of hydrogen-bond donors (Lipinski definition) is 1. The van der Waals surface area contributed by atoms with Crippen LogP contribution >= 0.6 is 11.6 Å². The number of anilines is 1. The molecule has 1 aromatic heterocycles. The first-order valence-corrected chi connectivity index (χ1v) is 6.48. The number of benzene rings is 2. The topological polar surface area (TPSA) is 64.9 Å². The minimum atomic E-state index is 0.386. The highest BCUT2D eigenvalue weighted by molar-refractivity contribution is 6.31. The molecule has 0 aliphatic heterocycles. The lowest BCUT2D eigenvalue weighted by Crippen LogP contribution is -1.90. The van der Waals surface area contributed by atoms with E-state index in [1.54, 1.807) is 18.2 Å². The Kier molecular flexibility index (Phi) is 3.16. The monoisotopic (exact) mass is 285 g/mol. The van der Waals surface area contributed by atoms with Crippen LogP contribution in [0.15, 0.2) is 47.0 Å². The predicted molar refractivity (Wildman–Crippen MR) is 79.3 cm³/mol. The third kappa shape index (κ3) is 2.26. The van der Waals surface area contributed by atoms with Gasteiger partial charge in [-0.3, -0.25) is 0 Å². The molecule has 0 unspecified atom stereocenters. The molecule has 0 aliphatic rings. The van der Waals surface area contributed by atoms with Crippen molar-refractivity contribution in [2.45, 2.75) is 6.92 Å². The zero-order valence-electron chi connectivity index (χ0n) is 10.8. The average molecular weight is 286 g/mol. The quantitative estimate of drug-likeness (QED) is 0.724.